The molecule has 1 aliphatic rings. The first-order chi connectivity index (χ1) is 9.45. The zero-order valence-corrected chi connectivity index (χ0v) is 11.0. The number of nitrogens with zero attached hydrogens (tertiary/aromatic N) is 1. The number of rotatable bonds is 3. The maximum absolute atomic E-state index is 12.2. The van der Waals surface area contributed by atoms with Crippen LogP contribution in [0.15, 0.2) is 11.8 Å². The Labute approximate surface area is 116 Å². The van der Waals surface area contributed by atoms with E-state index in [9.17, 15) is 31.2 Å². The van der Waals surface area contributed by atoms with Gasteiger partial charge in [0.05, 0.1) is 0 Å². The highest BCUT2D eigenvalue weighted by molar-refractivity contribution is 7.87. The summed E-state index contributed by atoms with van der Waals surface area (Å²) < 4.78 is 62.0. The Kier molecular flexibility index (Phi) is 4.71. The molecule has 1 amide bonds. The topological polar surface area (TPSA) is 121 Å². The smallest absolute Gasteiger partial charge is 0.480 e. The lowest BCUT2D eigenvalue weighted by Gasteiger charge is -2.23. The molecule has 12 heteroatoms. The number of carboxylic acid groups (broad SMARTS) is 2. The van der Waals surface area contributed by atoms with Gasteiger partial charge in [0.1, 0.15) is 11.8 Å². The summed E-state index contributed by atoms with van der Waals surface area (Å²) in [5, 5.41) is 17.7. The van der Waals surface area contributed by atoms with Crippen LogP contribution in [0.3, 0.4) is 0 Å². The summed E-state index contributed by atoms with van der Waals surface area (Å²) in [5.74, 6) is -2.16. The van der Waals surface area contributed by atoms with Gasteiger partial charge in [-0.1, -0.05) is 0 Å². The molecule has 2 N–H and O–H groups in total. The summed E-state index contributed by atoms with van der Waals surface area (Å²) >= 11 is 0. The fraction of sp³-hybridized carbons (Fsp3) is 0.556. The van der Waals surface area contributed by atoms with Crippen molar-refractivity contribution in [2.75, 3.05) is 6.54 Å². The first kappa shape index (κ1) is 17.1. The lowest BCUT2D eigenvalue weighted by molar-refractivity contribution is -0.142. The maximum atomic E-state index is 12.2. The highest BCUT2D eigenvalue weighted by Gasteiger charge is 2.49. The van der Waals surface area contributed by atoms with Crippen molar-refractivity contribution in [1.29, 1.82) is 0 Å². The predicted molar refractivity (Wildman–Crippen MR) is 59.5 cm³/mol. The average Bonchev–Trinajstić information content (AvgIpc) is 2.49. The Balaban J connectivity index is 2.95. The molecule has 0 spiro atoms. The molecule has 1 rings (SSSR count). The standard InChI is InChI=1S/C9H10F3NO7S/c10-9(11,12)21(18,19)20-5-1-2-6(7(14)15)13(4-3-5)8(16)17/h1,6H,2-4H2,(H,14,15)(H,16,17)/t6-/m0/s1. The van der Waals surface area contributed by atoms with E-state index in [1.807, 2.05) is 0 Å². The Morgan fingerprint density at radius 1 is 1.33 bits per heavy atom. The van der Waals surface area contributed by atoms with Gasteiger partial charge < -0.3 is 14.4 Å². The van der Waals surface area contributed by atoms with Crippen LogP contribution in [0.25, 0.3) is 0 Å². The Morgan fingerprint density at radius 3 is 2.33 bits per heavy atom. The van der Waals surface area contributed by atoms with Crippen LogP contribution in [0.5, 0.6) is 0 Å². The van der Waals surface area contributed by atoms with Crippen LogP contribution in [0.2, 0.25) is 0 Å². The second-order valence-corrected chi connectivity index (χ2v) is 5.51. The van der Waals surface area contributed by atoms with Gasteiger partial charge in [-0.3, -0.25) is 4.90 Å². The summed E-state index contributed by atoms with van der Waals surface area (Å²) in [4.78, 5) is 22.3. The molecule has 0 aliphatic carbocycles. The van der Waals surface area contributed by atoms with Crippen molar-refractivity contribution in [3.8, 4) is 0 Å². The zero-order chi connectivity index (χ0) is 16.4. The first-order valence-electron chi connectivity index (χ1n) is 5.38. The van der Waals surface area contributed by atoms with Crippen LogP contribution < -0.4 is 0 Å². The molecule has 0 saturated heterocycles. The Bertz CT molecular complexity index is 568. The Morgan fingerprint density at radius 2 is 1.90 bits per heavy atom. The Hall–Kier alpha value is -1.98. The summed E-state index contributed by atoms with van der Waals surface area (Å²) in [6.07, 6.45) is -1.77. The lowest BCUT2D eigenvalue weighted by atomic mass is 10.2. The number of aliphatic carboxylic acids is 1. The van der Waals surface area contributed by atoms with Gasteiger partial charge >= 0.3 is 27.7 Å². The molecule has 1 atom stereocenters. The lowest BCUT2D eigenvalue weighted by Crippen LogP contribution is -2.44. The van der Waals surface area contributed by atoms with Crippen LogP contribution in [0.1, 0.15) is 12.8 Å². The number of hydrogen-bond acceptors (Lipinski definition) is 5. The molecule has 8 nitrogen and oxygen atoms in total. The van der Waals surface area contributed by atoms with E-state index >= 15 is 0 Å². The molecule has 0 fully saturated rings. The van der Waals surface area contributed by atoms with Gasteiger partial charge in [0.15, 0.2) is 0 Å². The molecule has 0 aromatic heterocycles. The van der Waals surface area contributed by atoms with E-state index in [1.54, 1.807) is 0 Å². The number of carboxylic acids is 1. The van der Waals surface area contributed by atoms with E-state index in [4.69, 9.17) is 10.2 Å². The van der Waals surface area contributed by atoms with E-state index in [0.717, 1.165) is 6.08 Å². The van der Waals surface area contributed by atoms with Crippen LogP contribution in [0, 0.1) is 0 Å². The second-order valence-electron chi connectivity index (χ2n) is 3.97. The van der Waals surface area contributed by atoms with Gasteiger partial charge in [-0.25, -0.2) is 9.59 Å². The van der Waals surface area contributed by atoms with Gasteiger partial charge in [0.2, 0.25) is 0 Å². The fourth-order valence-corrected chi connectivity index (χ4v) is 2.11. The molecule has 1 heterocycles. The predicted octanol–water partition coefficient (Wildman–Crippen LogP) is 0.964. The summed E-state index contributed by atoms with van der Waals surface area (Å²) in [6, 6.07) is -1.53. The van der Waals surface area contributed by atoms with E-state index in [1.165, 1.54) is 0 Å². The minimum atomic E-state index is -5.87. The van der Waals surface area contributed by atoms with Crippen molar-refractivity contribution >= 4 is 22.2 Å². The minimum Gasteiger partial charge on any atom is -0.480 e. The number of amides is 1. The van der Waals surface area contributed by atoms with Crippen molar-refractivity contribution in [1.82, 2.24) is 4.90 Å². The van der Waals surface area contributed by atoms with E-state index in [-0.39, 0.29) is 0 Å². The van der Waals surface area contributed by atoms with Crippen molar-refractivity contribution in [3.63, 3.8) is 0 Å². The largest absolute Gasteiger partial charge is 0.534 e. The molecule has 1 aliphatic heterocycles. The number of halogens is 3. The average molecular weight is 333 g/mol. The molecular weight excluding hydrogens is 323 g/mol. The van der Waals surface area contributed by atoms with Gasteiger partial charge in [-0.05, 0) is 6.08 Å². The monoisotopic (exact) mass is 333 g/mol. The molecule has 21 heavy (non-hydrogen) atoms. The molecule has 0 radical (unpaired) electrons. The van der Waals surface area contributed by atoms with Gasteiger partial charge in [-0.15, -0.1) is 0 Å². The van der Waals surface area contributed by atoms with Crippen molar-refractivity contribution in [2.45, 2.75) is 24.4 Å². The van der Waals surface area contributed by atoms with Crippen LogP contribution in [-0.2, 0) is 19.1 Å². The van der Waals surface area contributed by atoms with Crippen LogP contribution in [0.4, 0.5) is 18.0 Å². The van der Waals surface area contributed by atoms with Crippen molar-refractivity contribution in [2.24, 2.45) is 0 Å². The SMILES string of the molecule is O=C(O)[C@@H]1CC=C(OS(=O)(=O)C(F)(F)F)CCN1C(=O)O. The van der Waals surface area contributed by atoms with Gasteiger partial charge in [-0.2, -0.15) is 21.6 Å². The highest BCUT2D eigenvalue weighted by atomic mass is 32.2. The first-order valence-corrected chi connectivity index (χ1v) is 6.78. The molecule has 0 unspecified atom stereocenters. The summed E-state index contributed by atoms with van der Waals surface area (Å²) in [7, 11) is -5.87. The summed E-state index contributed by atoms with van der Waals surface area (Å²) in [6.45, 7) is -0.508. The molecule has 0 aromatic carbocycles. The molecule has 0 aromatic rings. The van der Waals surface area contributed by atoms with E-state index in [2.05, 4.69) is 4.18 Å². The van der Waals surface area contributed by atoms with E-state index < -0.39 is 58.9 Å². The number of hydrogen-bond donors (Lipinski definition) is 2. The third kappa shape index (κ3) is 4.00. The van der Waals surface area contributed by atoms with Gasteiger partial charge in [0, 0.05) is 19.4 Å². The third-order valence-electron chi connectivity index (χ3n) is 2.58. The quantitative estimate of drug-likeness (QED) is 0.583. The number of carbonyl (C=O) groups is 2. The van der Waals surface area contributed by atoms with Crippen LogP contribution in [-0.4, -0.2) is 53.7 Å². The van der Waals surface area contributed by atoms with Crippen LogP contribution >= 0.6 is 0 Å². The molecule has 120 valence electrons. The second kappa shape index (κ2) is 5.79. The van der Waals surface area contributed by atoms with Crippen molar-refractivity contribution in [3.05, 3.63) is 11.8 Å². The van der Waals surface area contributed by atoms with Crippen molar-refractivity contribution < 1.29 is 45.6 Å². The summed E-state index contributed by atoms with van der Waals surface area (Å²) in [5.41, 5.74) is -5.63. The molecular formula is C9H10F3NO7S. The number of alkyl halides is 3. The zero-order valence-electron chi connectivity index (χ0n) is 10.2. The maximum Gasteiger partial charge on any atom is 0.534 e. The highest BCUT2D eigenvalue weighted by Crippen LogP contribution is 2.28. The fourth-order valence-electron chi connectivity index (χ4n) is 1.59. The molecule has 0 bridgehead atoms. The van der Waals surface area contributed by atoms with Gasteiger partial charge in [0.25, 0.3) is 0 Å². The minimum absolute atomic E-state index is 0.482. The normalized spacial score (nSPS) is 20.4. The molecule has 0 saturated carbocycles. The third-order valence-corrected chi connectivity index (χ3v) is 3.58. The van der Waals surface area contributed by atoms with E-state index in [0.29, 0.717) is 4.90 Å².